The van der Waals surface area contributed by atoms with Gasteiger partial charge in [0, 0.05) is 26.0 Å². The van der Waals surface area contributed by atoms with E-state index in [2.05, 4.69) is 10.3 Å². The Morgan fingerprint density at radius 2 is 1.83 bits per heavy atom. The van der Waals surface area contributed by atoms with E-state index in [9.17, 15) is 4.79 Å². The van der Waals surface area contributed by atoms with Crippen LogP contribution < -0.4 is 10.1 Å². The zero-order chi connectivity index (χ0) is 17.4. The lowest BCUT2D eigenvalue weighted by molar-refractivity contribution is 0.205. The first-order chi connectivity index (χ1) is 11.6. The number of hydrogen-bond donors (Lipinski definition) is 1. The third-order valence-corrected chi connectivity index (χ3v) is 3.87. The van der Waals surface area contributed by atoms with Crippen molar-refractivity contribution in [3.8, 4) is 5.75 Å². The van der Waals surface area contributed by atoms with E-state index in [-0.39, 0.29) is 6.03 Å². The van der Waals surface area contributed by atoms with Crippen molar-refractivity contribution < 1.29 is 9.53 Å². The summed E-state index contributed by atoms with van der Waals surface area (Å²) in [4.78, 5) is 17.7. The number of carbonyl (C=O) groups is 1. The maximum atomic E-state index is 12.1. The Labute approximate surface area is 143 Å². The number of nitrogens with one attached hydrogen (secondary N) is 1. The van der Waals surface area contributed by atoms with Gasteiger partial charge in [-0.2, -0.15) is 0 Å². The molecule has 128 valence electrons. The molecule has 5 heteroatoms. The highest BCUT2D eigenvalue weighted by atomic mass is 16.5. The van der Waals surface area contributed by atoms with E-state index in [1.807, 2.05) is 44.2 Å². The molecule has 5 nitrogen and oxygen atoms in total. The molecule has 0 fully saturated rings. The fraction of sp³-hybridized carbons (Fsp3) is 0.368. The number of rotatable bonds is 7. The molecule has 0 aliphatic heterocycles. The Bertz CT molecular complexity index is 639. The predicted octanol–water partition coefficient (Wildman–Crippen LogP) is 2.96. The van der Waals surface area contributed by atoms with Gasteiger partial charge in [-0.1, -0.05) is 18.2 Å². The Balaban J connectivity index is 1.69. The third kappa shape index (κ3) is 5.26. The lowest BCUT2D eigenvalue weighted by Gasteiger charge is -2.18. The summed E-state index contributed by atoms with van der Waals surface area (Å²) in [5.74, 6) is 0.901. The van der Waals surface area contributed by atoms with Crippen LogP contribution in [0.25, 0.3) is 0 Å². The highest BCUT2D eigenvalue weighted by Gasteiger charge is 2.08. The molecule has 0 saturated carbocycles. The average molecular weight is 327 g/mol. The molecule has 24 heavy (non-hydrogen) atoms. The molecule has 0 spiro atoms. The van der Waals surface area contributed by atoms with Gasteiger partial charge in [0.15, 0.2) is 0 Å². The molecular formula is C19H25N3O2. The highest BCUT2D eigenvalue weighted by molar-refractivity contribution is 5.73. The standard InChI is InChI=1S/C19H25N3O2/c1-15-5-4-6-16(2)18(15)24-14-12-21-19(23)22(3)13-9-17-7-10-20-11-8-17/h4-8,10-11H,9,12-14H2,1-3H3,(H,21,23). The van der Waals surface area contributed by atoms with Gasteiger partial charge in [-0.05, 0) is 49.1 Å². The summed E-state index contributed by atoms with van der Waals surface area (Å²) < 4.78 is 5.79. The molecule has 1 aromatic heterocycles. The van der Waals surface area contributed by atoms with Crippen LogP contribution >= 0.6 is 0 Å². The first-order valence-corrected chi connectivity index (χ1v) is 8.15. The number of nitrogens with zero attached hydrogens (tertiary/aromatic N) is 2. The number of benzene rings is 1. The summed E-state index contributed by atoms with van der Waals surface area (Å²) >= 11 is 0. The zero-order valence-corrected chi connectivity index (χ0v) is 14.6. The van der Waals surface area contributed by atoms with E-state index < -0.39 is 0 Å². The van der Waals surface area contributed by atoms with E-state index in [0.29, 0.717) is 19.7 Å². The minimum atomic E-state index is -0.0887. The van der Waals surface area contributed by atoms with Crippen molar-refractivity contribution in [2.75, 3.05) is 26.7 Å². The van der Waals surface area contributed by atoms with Gasteiger partial charge in [0.1, 0.15) is 12.4 Å². The minimum Gasteiger partial charge on any atom is -0.491 e. The molecule has 0 saturated heterocycles. The molecule has 1 heterocycles. The molecule has 0 bridgehead atoms. The zero-order valence-electron chi connectivity index (χ0n) is 14.6. The van der Waals surface area contributed by atoms with Gasteiger partial charge in [-0.3, -0.25) is 4.98 Å². The van der Waals surface area contributed by atoms with Crippen molar-refractivity contribution in [2.45, 2.75) is 20.3 Å². The number of para-hydroxylation sites is 1. The lowest BCUT2D eigenvalue weighted by Crippen LogP contribution is -2.40. The number of hydrogen-bond acceptors (Lipinski definition) is 3. The van der Waals surface area contributed by atoms with Gasteiger partial charge in [-0.15, -0.1) is 0 Å². The maximum Gasteiger partial charge on any atom is 0.317 e. The summed E-state index contributed by atoms with van der Waals surface area (Å²) in [5.41, 5.74) is 3.38. The number of carbonyl (C=O) groups excluding carboxylic acids is 1. The van der Waals surface area contributed by atoms with Crippen LogP contribution in [0.1, 0.15) is 16.7 Å². The molecule has 0 aliphatic rings. The first-order valence-electron chi connectivity index (χ1n) is 8.15. The third-order valence-electron chi connectivity index (χ3n) is 3.87. The largest absolute Gasteiger partial charge is 0.491 e. The molecular weight excluding hydrogens is 302 g/mol. The maximum absolute atomic E-state index is 12.1. The molecule has 2 aromatic rings. The van der Waals surface area contributed by atoms with Crippen LogP contribution in [0.3, 0.4) is 0 Å². The second kappa shape index (κ2) is 8.91. The van der Waals surface area contributed by atoms with Crippen molar-refractivity contribution in [2.24, 2.45) is 0 Å². The highest BCUT2D eigenvalue weighted by Crippen LogP contribution is 2.21. The van der Waals surface area contributed by atoms with Gasteiger partial charge in [0.05, 0.1) is 6.54 Å². The summed E-state index contributed by atoms with van der Waals surface area (Å²) in [5, 5.41) is 2.88. The molecule has 1 aromatic carbocycles. The minimum absolute atomic E-state index is 0.0887. The molecule has 2 rings (SSSR count). The summed E-state index contributed by atoms with van der Waals surface area (Å²) in [6.45, 7) is 5.64. The van der Waals surface area contributed by atoms with Crippen LogP contribution in [-0.2, 0) is 6.42 Å². The molecule has 0 atom stereocenters. The van der Waals surface area contributed by atoms with Crippen molar-refractivity contribution in [1.82, 2.24) is 15.2 Å². The monoisotopic (exact) mass is 327 g/mol. The molecule has 1 N–H and O–H groups in total. The number of aromatic nitrogens is 1. The SMILES string of the molecule is Cc1cccc(C)c1OCCNC(=O)N(C)CCc1ccncc1. The van der Waals surface area contributed by atoms with Gasteiger partial charge in [0.2, 0.25) is 0 Å². The summed E-state index contributed by atoms with van der Waals surface area (Å²) in [7, 11) is 1.79. The Morgan fingerprint density at radius 1 is 1.17 bits per heavy atom. The number of amides is 2. The van der Waals surface area contributed by atoms with Crippen molar-refractivity contribution in [3.05, 3.63) is 59.4 Å². The first kappa shape index (κ1) is 17.8. The molecule has 0 radical (unpaired) electrons. The van der Waals surface area contributed by atoms with Crippen LogP contribution in [0.2, 0.25) is 0 Å². The quantitative estimate of drug-likeness (QED) is 0.796. The summed E-state index contributed by atoms with van der Waals surface area (Å²) in [6, 6.07) is 9.89. The second-order valence-electron chi connectivity index (χ2n) is 5.83. The van der Waals surface area contributed by atoms with Crippen LogP contribution in [-0.4, -0.2) is 42.7 Å². The number of pyridine rings is 1. The van der Waals surface area contributed by atoms with Crippen LogP contribution in [0.5, 0.6) is 5.75 Å². The van der Waals surface area contributed by atoms with Crippen molar-refractivity contribution >= 4 is 6.03 Å². The van der Waals surface area contributed by atoms with Crippen LogP contribution in [0.15, 0.2) is 42.7 Å². The normalized spacial score (nSPS) is 10.3. The fourth-order valence-corrected chi connectivity index (χ4v) is 2.42. The smallest absolute Gasteiger partial charge is 0.317 e. The van der Waals surface area contributed by atoms with Gasteiger partial charge in [-0.25, -0.2) is 4.79 Å². The van der Waals surface area contributed by atoms with E-state index in [1.54, 1.807) is 24.3 Å². The molecule has 0 unspecified atom stereocenters. The number of urea groups is 1. The van der Waals surface area contributed by atoms with Gasteiger partial charge < -0.3 is 15.0 Å². The van der Waals surface area contributed by atoms with Crippen molar-refractivity contribution in [1.29, 1.82) is 0 Å². The fourth-order valence-electron chi connectivity index (χ4n) is 2.42. The average Bonchev–Trinajstić information content (AvgIpc) is 2.59. The Morgan fingerprint density at radius 3 is 2.50 bits per heavy atom. The van der Waals surface area contributed by atoms with Gasteiger partial charge >= 0.3 is 6.03 Å². The molecule has 0 aliphatic carbocycles. The number of aryl methyl sites for hydroxylation is 2. The number of ether oxygens (including phenoxy) is 1. The van der Waals surface area contributed by atoms with E-state index in [1.165, 1.54) is 5.56 Å². The number of likely N-dealkylation sites (N-methyl/N-ethyl adjacent to an activating group) is 1. The van der Waals surface area contributed by atoms with E-state index >= 15 is 0 Å². The molecule has 2 amide bonds. The Hall–Kier alpha value is -2.56. The van der Waals surface area contributed by atoms with E-state index in [0.717, 1.165) is 23.3 Å². The topological polar surface area (TPSA) is 54.5 Å². The van der Waals surface area contributed by atoms with Crippen molar-refractivity contribution in [3.63, 3.8) is 0 Å². The van der Waals surface area contributed by atoms with E-state index in [4.69, 9.17) is 4.74 Å². The second-order valence-corrected chi connectivity index (χ2v) is 5.83. The predicted molar refractivity (Wildman–Crippen MR) is 95.4 cm³/mol. The van der Waals surface area contributed by atoms with Gasteiger partial charge in [0.25, 0.3) is 0 Å². The summed E-state index contributed by atoms with van der Waals surface area (Å²) in [6.07, 6.45) is 4.34. The lowest BCUT2D eigenvalue weighted by atomic mass is 10.1. The van der Waals surface area contributed by atoms with Crippen LogP contribution in [0.4, 0.5) is 4.79 Å². The Kier molecular flexibility index (Phi) is 6.61. The van der Waals surface area contributed by atoms with Crippen LogP contribution in [0, 0.1) is 13.8 Å².